The van der Waals surface area contributed by atoms with Crippen molar-refractivity contribution in [3.8, 4) is 0 Å². The van der Waals surface area contributed by atoms with Crippen molar-refractivity contribution in [2.75, 3.05) is 40.0 Å². The van der Waals surface area contributed by atoms with Crippen molar-refractivity contribution >= 4 is 0 Å². The lowest BCUT2D eigenvalue weighted by Gasteiger charge is -2.26. The maximum Gasteiger partial charge on any atom is 0.155 e. The van der Waals surface area contributed by atoms with Crippen LogP contribution in [-0.4, -0.2) is 56.3 Å². The van der Waals surface area contributed by atoms with Crippen LogP contribution in [0.15, 0.2) is 0 Å². The first-order valence-corrected chi connectivity index (χ1v) is 4.34. The van der Waals surface area contributed by atoms with Crippen LogP contribution < -0.4 is 0 Å². The van der Waals surface area contributed by atoms with Crippen molar-refractivity contribution in [1.82, 2.24) is 4.90 Å². The molecule has 0 radical (unpaired) electrons. The van der Waals surface area contributed by atoms with Gasteiger partial charge in [0.25, 0.3) is 0 Å². The van der Waals surface area contributed by atoms with E-state index in [2.05, 4.69) is 4.90 Å². The molecule has 4 heteroatoms. The quantitative estimate of drug-likeness (QED) is 0.594. The molecule has 1 atom stereocenters. The summed E-state index contributed by atoms with van der Waals surface area (Å²) in [6.07, 6.45) is 0.0593. The van der Waals surface area contributed by atoms with Crippen molar-refractivity contribution in [1.29, 1.82) is 0 Å². The highest BCUT2D eigenvalue weighted by Gasteiger charge is 2.11. The van der Waals surface area contributed by atoms with E-state index in [1.54, 1.807) is 0 Å². The van der Waals surface area contributed by atoms with Gasteiger partial charge in [0.2, 0.25) is 0 Å². The Hall–Kier alpha value is -0.160. The van der Waals surface area contributed by atoms with Gasteiger partial charge in [-0.3, -0.25) is 4.90 Å². The Morgan fingerprint density at radius 2 is 2.17 bits per heavy atom. The van der Waals surface area contributed by atoms with E-state index in [9.17, 15) is 0 Å². The summed E-state index contributed by atoms with van der Waals surface area (Å²) in [7, 11) is 1.52. The first-order valence-electron chi connectivity index (χ1n) is 4.34. The van der Waals surface area contributed by atoms with E-state index in [1.165, 1.54) is 7.11 Å². The number of aliphatic hydroxyl groups is 1. The first kappa shape index (κ1) is 9.92. The molecular weight excluding hydrogens is 158 g/mol. The monoisotopic (exact) mass is 175 g/mol. The van der Waals surface area contributed by atoms with Gasteiger partial charge >= 0.3 is 0 Å². The van der Waals surface area contributed by atoms with Crippen LogP contribution in [0.5, 0.6) is 0 Å². The SMILES string of the molecule is COC(O)CCN1CCOCC1. The minimum absolute atomic E-state index is 0.618. The van der Waals surface area contributed by atoms with E-state index < -0.39 is 6.29 Å². The van der Waals surface area contributed by atoms with Crippen LogP contribution in [-0.2, 0) is 9.47 Å². The minimum atomic E-state index is -0.618. The molecule has 0 bridgehead atoms. The molecule has 12 heavy (non-hydrogen) atoms. The Balaban J connectivity index is 2.05. The molecule has 0 spiro atoms. The second-order valence-corrected chi connectivity index (χ2v) is 2.93. The highest BCUT2D eigenvalue weighted by molar-refractivity contribution is 4.61. The third-order valence-electron chi connectivity index (χ3n) is 2.07. The third kappa shape index (κ3) is 3.49. The number of morpholine rings is 1. The maximum absolute atomic E-state index is 9.11. The first-order chi connectivity index (χ1) is 5.83. The molecule has 1 rings (SSSR count). The smallest absolute Gasteiger partial charge is 0.155 e. The van der Waals surface area contributed by atoms with Crippen LogP contribution in [0.4, 0.5) is 0 Å². The Labute approximate surface area is 73.1 Å². The van der Waals surface area contributed by atoms with Crippen molar-refractivity contribution in [2.24, 2.45) is 0 Å². The second kappa shape index (κ2) is 5.48. The van der Waals surface area contributed by atoms with Crippen molar-refractivity contribution in [3.63, 3.8) is 0 Å². The molecule has 1 saturated heterocycles. The lowest BCUT2D eigenvalue weighted by atomic mass is 10.3. The summed E-state index contributed by atoms with van der Waals surface area (Å²) in [5.41, 5.74) is 0. The normalized spacial score (nSPS) is 22.5. The second-order valence-electron chi connectivity index (χ2n) is 2.93. The highest BCUT2D eigenvalue weighted by atomic mass is 16.6. The molecule has 0 aliphatic carbocycles. The van der Waals surface area contributed by atoms with Crippen LogP contribution in [0, 0.1) is 0 Å². The fourth-order valence-corrected chi connectivity index (χ4v) is 1.24. The number of nitrogens with zero attached hydrogens (tertiary/aromatic N) is 1. The lowest BCUT2D eigenvalue weighted by molar-refractivity contribution is -0.0852. The summed E-state index contributed by atoms with van der Waals surface area (Å²) in [5, 5.41) is 9.11. The summed E-state index contributed by atoms with van der Waals surface area (Å²) in [5.74, 6) is 0. The summed E-state index contributed by atoms with van der Waals surface area (Å²) >= 11 is 0. The zero-order chi connectivity index (χ0) is 8.81. The Bertz CT molecular complexity index is 115. The standard InChI is InChI=1S/C8H17NO3/c1-11-8(10)2-3-9-4-6-12-7-5-9/h8,10H,2-7H2,1H3. The topological polar surface area (TPSA) is 41.9 Å². The van der Waals surface area contributed by atoms with Crippen molar-refractivity contribution in [3.05, 3.63) is 0 Å². The zero-order valence-corrected chi connectivity index (χ0v) is 7.53. The zero-order valence-electron chi connectivity index (χ0n) is 7.53. The molecule has 1 heterocycles. The van der Waals surface area contributed by atoms with Gasteiger partial charge in [-0.25, -0.2) is 0 Å². The van der Waals surface area contributed by atoms with Crippen molar-refractivity contribution < 1.29 is 14.6 Å². The number of methoxy groups -OCH3 is 1. The van der Waals surface area contributed by atoms with E-state index in [1.807, 2.05) is 0 Å². The molecule has 72 valence electrons. The number of aliphatic hydroxyl groups excluding tert-OH is 1. The number of hydrogen-bond acceptors (Lipinski definition) is 4. The molecule has 0 aromatic carbocycles. The molecule has 1 fully saturated rings. The Morgan fingerprint density at radius 3 is 2.75 bits per heavy atom. The molecule has 1 unspecified atom stereocenters. The maximum atomic E-state index is 9.11. The predicted octanol–water partition coefficient (Wildman–Crippen LogP) is -0.327. The van der Waals surface area contributed by atoms with Gasteiger partial charge in [-0.15, -0.1) is 0 Å². The van der Waals surface area contributed by atoms with E-state index in [0.29, 0.717) is 6.42 Å². The molecule has 1 N–H and O–H groups in total. The van der Waals surface area contributed by atoms with Crippen LogP contribution >= 0.6 is 0 Å². The highest BCUT2D eigenvalue weighted by Crippen LogP contribution is 2.00. The minimum Gasteiger partial charge on any atom is -0.379 e. The largest absolute Gasteiger partial charge is 0.379 e. The summed E-state index contributed by atoms with van der Waals surface area (Å²) < 4.78 is 9.94. The van der Waals surface area contributed by atoms with Crippen LogP contribution in [0.1, 0.15) is 6.42 Å². The fraction of sp³-hybridized carbons (Fsp3) is 1.00. The van der Waals surface area contributed by atoms with Crippen LogP contribution in [0.3, 0.4) is 0 Å². The summed E-state index contributed by atoms with van der Waals surface area (Å²) in [6, 6.07) is 0. The third-order valence-corrected chi connectivity index (χ3v) is 2.07. The van der Waals surface area contributed by atoms with E-state index in [-0.39, 0.29) is 0 Å². The average molecular weight is 175 g/mol. The number of rotatable bonds is 4. The molecule has 0 amide bonds. The average Bonchev–Trinajstić information content (AvgIpc) is 2.16. The Morgan fingerprint density at radius 1 is 1.50 bits per heavy atom. The lowest BCUT2D eigenvalue weighted by Crippen LogP contribution is -2.38. The van der Waals surface area contributed by atoms with Crippen LogP contribution in [0.25, 0.3) is 0 Å². The van der Waals surface area contributed by atoms with Gasteiger partial charge in [0.1, 0.15) is 0 Å². The van der Waals surface area contributed by atoms with E-state index in [4.69, 9.17) is 14.6 Å². The number of hydrogen-bond donors (Lipinski definition) is 1. The van der Waals surface area contributed by atoms with Gasteiger partial charge < -0.3 is 14.6 Å². The van der Waals surface area contributed by atoms with Gasteiger partial charge in [0.05, 0.1) is 13.2 Å². The van der Waals surface area contributed by atoms with Gasteiger partial charge in [0.15, 0.2) is 6.29 Å². The molecular formula is C8H17NO3. The Kier molecular flexibility index (Phi) is 4.53. The molecule has 0 aromatic heterocycles. The van der Waals surface area contributed by atoms with E-state index >= 15 is 0 Å². The van der Waals surface area contributed by atoms with Gasteiger partial charge in [-0.2, -0.15) is 0 Å². The summed E-state index contributed by atoms with van der Waals surface area (Å²) in [4.78, 5) is 2.27. The molecule has 0 saturated carbocycles. The van der Waals surface area contributed by atoms with Crippen molar-refractivity contribution in [2.45, 2.75) is 12.7 Å². The van der Waals surface area contributed by atoms with Gasteiger partial charge in [0, 0.05) is 33.2 Å². The molecule has 1 aliphatic heterocycles. The number of ether oxygens (including phenoxy) is 2. The van der Waals surface area contributed by atoms with Gasteiger partial charge in [-0.05, 0) is 0 Å². The summed E-state index contributed by atoms with van der Waals surface area (Å²) in [6.45, 7) is 4.44. The van der Waals surface area contributed by atoms with E-state index in [0.717, 1.165) is 32.8 Å². The molecule has 0 aromatic rings. The fourth-order valence-electron chi connectivity index (χ4n) is 1.24. The molecule has 4 nitrogen and oxygen atoms in total. The van der Waals surface area contributed by atoms with Crippen LogP contribution in [0.2, 0.25) is 0 Å². The van der Waals surface area contributed by atoms with Gasteiger partial charge in [-0.1, -0.05) is 0 Å². The predicted molar refractivity (Wildman–Crippen MR) is 44.9 cm³/mol. The molecule has 1 aliphatic rings.